The summed E-state index contributed by atoms with van der Waals surface area (Å²) < 4.78 is 16.8. The van der Waals surface area contributed by atoms with Crippen LogP contribution in [0.15, 0.2) is 36.5 Å². The molecule has 0 spiro atoms. The summed E-state index contributed by atoms with van der Waals surface area (Å²) in [6.07, 6.45) is 59.8. The van der Waals surface area contributed by atoms with Gasteiger partial charge in [-0.05, 0) is 96.3 Å². The molecule has 362 valence electrons. The van der Waals surface area contributed by atoms with Crippen molar-refractivity contribution in [2.45, 2.75) is 290 Å². The van der Waals surface area contributed by atoms with Crippen molar-refractivity contribution in [2.24, 2.45) is 0 Å². The molecule has 6 heteroatoms. The maximum Gasteiger partial charge on any atom is 0.306 e. The Morgan fingerprint density at radius 2 is 0.532 bits per heavy atom. The number of carbonyl (C=O) groups is 3. The lowest BCUT2D eigenvalue weighted by Crippen LogP contribution is -2.30. The van der Waals surface area contributed by atoms with Crippen molar-refractivity contribution in [3.8, 4) is 0 Å². The van der Waals surface area contributed by atoms with E-state index in [2.05, 4.69) is 57.2 Å². The van der Waals surface area contributed by atoms with E-state index in [4.69, 9.17) is 14.2 Å². The van der Waals surface area contributed by atoms with Crippen molar-refractivity contribution in [1.82, 2.24) is 0 Å². The van der Waals surface area contributed by atoms with Crippen LogP contribution in [0.2, 0.25) is 0 Å². The zero-order valence-corrected chi connectivity index (χ0v) is 41.4. The normalized spacial score (nSPS) is 12.2. The molecule has 0 rings (SSSR count). The SMILES string of the molecule is CCCCC/C=C\CCCCCCCC(=O)OC[C@H](COC(=O)CCCCCCC/C=C\CCCCCCCCC)OC(=O)CCCCCCC/C=C\CCCCCCCCC. The van der Waals surface area contributed by atoms with E-state index in [1.54, 1.807) is 0 Å². The lowest BCUT2D eigenvalue weighted by molar-refractivity contribution is -0.167. The van der Waals surface area contributed by atoms with Gasteiger partial charge in [0.15, 0.2) is 6.10 Å². The molecular formula is C56H102O6. The third kappa shape index (κ3) is 48.7. The van der Waals surface area contributed by atoms with Crippen LogP contribution in [-0.4, -0.2) is 37.2 Å². The molecule has 0 saturated carbocycles. The second-order valence-electron chi connectivity index (χ2n) is 18.1. The molecule has 0 aromatic carbocycles. The molecule has 0 aliphatic heterocycles. The first-order valence-electron chi connectivity index (χ1n) is 27.0. The van der Waals surface area contributed by atoms with Gasteiger partial charge in [0, 0.05) is 19.3 Å². The number of hydrogen-bond donors (Lipinski definition) is 0. The first-order valence-corrected chi connectivity index (χ1v) is 27.0. The summed E-state index contributed by atoms with van der Waals surface area (Å²) in [5, 5.41) is 0. The van der Waals surface area contributed by atoms with Crippen molar-refractivity contribution >= 4 is 17.9 Å². The first-order chi connectivity index (χ1) is 30.5. The second-order valence-corrected chi connectivity index (χ2v) is 18.1. The quantitative estimate of drug-likeness (QED) is 0.0262. The van der Waals surface area contributed by atoms with Crippen LogP contribution in [0, 0.1) is 0 Å². The highest BCUT2D eigenvalue weighted by Gasteiger charge is 2.19. The molecule has 0 aromatic rings. The van der Waals surface area contributed by atoms with E-state index in [0.717, 1.165) is 77.0 Å². The average molecular weight is 871 g/mol. The zero-order chi connectivity index (χ0) is 45.1. The molecule has 0 N–H and O–H groups in total. The molecule has 0 aliphatic carbocycles. The number of rotatable bonds is 49. The average Bonchev–Trinajstić information content (AvgIpc) is 3.27. The Bertz CT molecular complexity index is 1050. The lowest BCUT2D eigenvalue weighted by Gasteiger charge is -2.18. The van der Waals surface area contributed by atoms with Gasteiger partial charge in [-0.1, -0.05) is 205 Å². The highest BCUT2D eigenvalue weighted by atomic mass is 16.6. The molecule has 62 heavy (non-hydrogen) atoms. The standard InChI is InChI=1S/C56H102O6/c1-4-7-10-13-16-19-22-25-27-29-31-34-37-40-43-46-49-55(58)61-52-53(51-60-54(57)48-45-42-39-36-33-24-21-18-15-12-9-6-3)62-56(59)50-47-44-41-38-35-32-30-28-26-23-20-17-14-11-8-5-2/h18,21,27-30,53H,4-17,19-20,22-26,31-52H2,1-3H3/b21-18-,29-27-,30-28-/t53-/m1/s1. The summed E-state index contributed by atoms with van der Waals surface area (Å²) in [7, 11) is 0. The molecule has 0 fully saturated rings. The number of unbranched alkanes of at least 4 members (excludes halogenated alkanes) is 32. The van der Waals surface area contributed by atoms with Crippen LogP contribution >= 0.6 is 0 Å². The van der Waals surface area contributed by atoms with Gasteiger partial charge in [0.25, 0.3) is 0 Å². The summed E-state index contributed by atoms with van der Waals surface area (Å²) in [6.45, 7) is 6.61. The first kappa shape index (κ1) is 59.6. The minimum absolute atomic E-state index is 0.0808. The molecule has 0 amide bonds. The Hall–Kier alpha value is -2.37. The van der Waals surface area contributed by atoms with E-state index in [1.165, 1.54) is 167 Å². The minimum Gasteiger partial charge on any atom is -0.462 e. The van der Waals surface area contributed by atoms with E-state index in [1.807, 2.05) is 0 Å². The summed E-state index contributed by atoms with van der Waals surface area (Å²) in [5.41, 5.74) is 0. The smallest absolute Gasteiger partial charge is 0.306 e. The molecule has 0 heterocycles. The number of hydrogen-bond acceptors (Lipinski definition) is 6. The van der Waals surface area contributed by atoms with Crippen LogP contribution in [0.3, 0.4) is 0 Å². The zero-order valence-electron chi connectivity index (χ0n) is 41.4. The predicted molar refractivity (Wildman–Crippen MR) is 266 cm³/mol. The highest BCUT2D eigenvalue weighted by molar-refractivity contribution is 5.71. The topological polar surface area (TPSA) is 78.9 Å². The van der Waals surface area contributed by atoms with Gasteiger partial charge in [0.05, 0.1) is 0 Å². The molecule has 0 bridgehead atoms. The van der Waals surface area contributed by atoms with Crippen molar-refractivity contribution in [1.29, 1.82) is 0 Å². The van der Waals surface area contributed by atoms with Crippen LogP contribution in [0.25, 0.3) is 0 Å². The Morgan fingerprint density at radius 1 is 0.306 bits per heavy atom. The number of esters is 3. The number of carbonyl (C=O) groups excluding carboxylic acids is 3. The Labute approximate surface area is 385 Å². The van der Waals surface area contributed by atoms with Gasteiger partial charge >= 0.3 is 17.9 Å². The number of ether oxygens (including phenoxy) is 3. The van der Waals surface area contributed by atoms with Gasteiger partial charge in [0.2, 0.25) is 0 Å². The van der Waals surface area contributed by atoms with Gasteiger partial charge in [-0.15, -0.1) is 0 Å². The van der Waals surface area contributed by atoms with Gasteiger partial charge in [-0.3, -0.25) is 14.4 Å². The Morgan fingerprint density at radius 3 is 0.839 bits per heavy atom. The fourth-order valence-corrected chi connectivity index (χ4v) is 7.72. The predicted octanol–water partition coefficient (Wildman–Crippen LogP) is 17.7. The molecule has 1 atom stereocenters. The van der Waals surface area contributed by atoms with Crippen molar-refractivity contribution in [2.75, 3.05) is 13.2 Å². The molecule has 6 nitrogen and oxygen atoms in total. The molecule has 0 aliphatic rings. The molecule has 0 radical (unpaired) electrons. The van der Waals surface area contributed by atoms with Crippen LogP contribution in [0.5, 0.6) is 0 Å². The Kier molecular flexibility index (Phi) is 49.3. The largest absolute Gasteiger partial charge is 0.462 e. The van der Waals surface area contributed by atoms with Crippen molar-refractivity contribution in [3.63, 3.8) is 0 Å². The van der Waals surface area contributed by atoms with Gasteiger partial charge in [-0.25, -0.2) is 0 Å². The lowest BCUT2D eigenvalue weighted by atomic mass is 10.1. The minimum atomic E-state index is -0.780. The maximum absolute atomic E-state index is 12.8. The molecular weight excluding hydrogens is 769 g/mol. The summed E-state index contributed by atoms with van der Waals surface area (Å²) in [5.74, 6) is -0.896. The molecule has 0 unspecified atom stereocenters. The summed E-state index contributed by atoms with van der Waals surface area (Å²) in [4.78, 5) is 38.0. The third-order valence-corrected chi connectivity index (χ3v) is 11.8. The molecule has 0 aromatic heterocycles. The van der Waals surface area contributed by atoms with E-state index in [9.17, 15) is 14.4 Å². The van der Waals surface area contributed by atoms with E-state index in [-0.39, 0.29) is 31.1 Å². The molecule has 0 saturated heterocycles. The van der Waals surface area contributed by atoms with Crippen molar-refractivity contribution < 1.29 is 28.6 Å². The van der Waals surface area contributed by atoms with Crippen molar-refractivity contribution in [3.05, 3.63) is 36.5 Å². The fourth-order valence-electron chi connectivity index (χ4n) is 7.72. The maximum atomic E-state index is 12.8. The van der Waals surface area contributed by atoms with E-state index >= 15 is 0 Å². The van der Waals surface area contributed by atoms with E-state index < -0.39 is 6.10 Å². The number of allylic oxidation sites excluding steroid dienone is 6. The highest BCUT2D eigenvalue weighted by Crippen LogP contribution is 2.15. The summed E-state index contributed by atoms with van der Waals surface area (Å²) >= 11 is 0. The van der Waals surface area contributed by atoms with Crippen LogP contribution in [-0.2, 0) is 28.6 Å². The monoisotopic (exact) mass is 871 g/mol. The van der Waals surface area contributed by atoms with Gasteiger partial charge < -0.3 is 14.2 Å². The van der Waals surface area contributed by atoms with E-state index in [0.29, 0.717) is 19.3 Å². The second kappa shape index (κ2) is 51.3. The fraction of sp³-hybridized carbons (Fsp3) is 0.839. The van der Waals surface area contributed by atoms with Gasteiger partial charge in [-0.2, -0.15) is 0 Å². The van der Waals surface area contributed by atoms with Crippen LogP contribution in [0.1, 0.15) is 284 Å². The van der Waals surface area contributed by atoms with Gasteiger partial charge in [0.1, 0.15) is 13.2 Å². The van der Waals surface area contributed by atoms with Crippen LogP contribution in [0.4, 0.5) is 0 Å². The third-order valence-electron chi connectivity index (χ3n) is 11.8. The summed E-state index contributed by atoms with van der Waals surface area (Å²) in [6, 6.07) is 0. The van der Waals surface area contributed by atoms with Crippen LogP contribution < -0.4 is 0 Å². The Balaban J connectivity index is 4.38.